The van der Waals surface area contributed by atoms with Crippen LogP contribution in [0.4, 0.5) is 0 Å². The van der Waals surface area contributed by atoms with Crippen molar-refractivity contribution in [3.05, 3.63) is 48.0 Å². The summed E-state index contributed by atoms with van der Waals surface area (Å²) in [6.45, 7) is 0.933. The quantitative estimate of drug-likeness (QED) is 0.860. The monoisotopic (exact) mass is 313 g/mol. The van der Waals surface area contributed by atoms with Gasteiger partial charge in [-0.05, 0) is 35.7 Å². The molecular formula is C18H19NO4. The average molecular weight is 313 g/mol. The van der Waals surface area contributed by atoms with Gasteiger partial charge in [0.1, 0.15) is 0 Å². The third-order valence-corrected chi connectivity index (χ3v) is 3.87. The lowest BCUT2D eigenvalue weighted by molar-refractivity contribution is -0.124. The van der Waals surface area contributed by atoms with Gasteiger partial charge in [-0.25, -0.2) is 4.79 Å². The van der Waals surface area contributed by atoms with Gasteiger partial charge in [0.2, 0.25) is 0 Å². The fourth-order valence-electron chi connectivity index (χ4n) is 2.61. The Kier molecular flexibility index (Phi) is 4.88. The predicted molar refractivity (Wildman–Crippen MR) is 86.2 cm³/mol. The summed E-state index contributed by atoms with van der Waals surface area (Å²) in [6, 6.07) is 13.1. The molecule has 1 saturated heterocycles. The molecule has 1 N–H and O–H groups in total. The molecule has 5 heteroatoms. The van der Waals surface area contributed by atoms with E-state index in [0.29, 0.717) is 12.1 Å². The molecule has 120 valence electrons. The highest BCUT2D eigenvalue weighted by molar-refractivity contribution is 5.96. The van der Waals surface area contributed by atoms with Crippen molar-refractivity contribution in [2.24, 2.45) is 0 Å². The van der Waals surface area contributed by atoms with E-state index in [1.807, 2.05) is 30.3 Å². The molecule has 0 aromatic heterocycles. The molecule has 0 saturated carbocycles. The molecule has 0 spiro atoms. The van der Waals surface area contributed by atoms with Gasteiger partial charge in [0.05, 0.1) is 11.7 Å². The Hall–Kier alpha value is -2.40. The zero-order chi connectivity index (χ0) is 16.1. The first kappa shape index (κ1) is 15.5. The second kappa shape index (κ2) is 7.24. The number of amides is 1. The van der Waals surface area contributed by atoms with E-state index in [-0.39, 0.29) is 18.6 Å². The van der Waals surface area contributed by atoms with Gasteiger partial charge in [0.25, 0.3) is 5.91 Å². The molecule has 2 aromatic carbocycles. The van der Waals surface area contributed by atoms with E-state index >= 15 is 0 Å². The van der Waals surface area contributed by atoms with Gasteiger partial charge in [-0.1, -0.05) is 30.3 Å². The van der Waals surface area contributed by atoms with E-state index in [1.54, 1.807) is 12.1 Å². The number of benzene rings is 2. The third-order valence-electron chi connectivity index (χ3n) is 3.87. The number of carbonyl (C=O) groups excluding carboxylic acids is 2. The Morgan fingerprint density at radius 2 is 2.00 bits per heavy atom. The maximum atomic E-state index is 12.0. The summed E-state index contributed by atoms with van der Waals surface area (Å²) < 4.78 is 10.5. The number of fused-ring (bicyclic) bond motifs is 1. The van der Waals surface area contributed by atoms with E-state index in [2.05, 4.69) is 5.32 Å². The maximum absolute atomic E-state index is 12.0. The highest BCUT2D eigenvalue weighted by atomic mass is 16.5. The topological polar surface area (TPSA) is 64.6 Å². The van der Waals surface area contributed by atoms with Crippen LogP contribution in [0, 0.1) is 0 Å². The van der Waals surface area contributed by atoms with Gasteiger partial charge in [-0.3, -0.25) is 4.79 Å². The maximum Gasteiger partial charge on any atom is 0.338 e. The molecule has 0 radical (unpaired) electrons. The van der Waals surface area contributed by atoms with Crippen LogP contribution in [0.5, 0.6) is 0 Å². The van der Waals surface area contributed by atoms with Gasteiger partial charge in [-0.15, -0.1) is 0 Å². The van der Waals surface area contributed by atoms with Gasteiger partial charge in [0, 0.05) is 13.2 Å². The van der Waals surface area contributed by atoms with Crippen molar-refractivity contribution in [3.8, 4) is 0 Å². The van der Waals surface area contributed by atoms with E-state index in [1.165, 1.54) is 0 Å². The van der Waals surface area contributed by atoms with Crippen LogP contribution in [0.2, 0.25) is 0 Å². The van der Waals surface area contributed by atoms with Crippen LogP contribution in [0.15, 0.2) is 42.5 Å². The first-order valence-electron chi connectivity index (χ1n) is 7.76. The smallest absolute Gasteiger partial charge is 0.338 e. The number of carbonyl (C=O) groups is 2. The molecule has 1 amide bonds. The number of hydrogen-bond acceptors (Lipinski definition) is 4. The number of nitrogens with one attached hydrogen (secondary N) is 1. The molecule has 0 aliphatic carbocycles. The van der Waals surface area contributed by atoms with E-state index in [0.717, 1.165) is 30.2 Å². The van der Waals surface area contributed by atoms with Crippen LogP contribution < -0.4 is 5.32 Å². The van der Waals surface area contributed by atoms with Crippen LogP contribution >= 0.6 is 0 Å². The molecule has 1 fully saturated rings. The zero-order valence-corrected chi connectivity index (χ0v) is 12.8. The fourth-order valence-corrected chi connectivity index (χ4v) is 2.61. The Morgan fingerprint density at radius 1 is 1.17 bits per heavy atom. The fraction of sp³-hybridized carbons (Fsp3) is 0.333. The summed E-state index contributed by atoms with van der Waals surface area (Å²) in [4.78, 5) is 23.7. The van der Waals surface area contributed by atoms with Gasteiger partial charge < -0.3 is 14.8 Å². The molecule has 1 atom stereocenters. The molecule has 1 aliphatic rings. The second-order valence-corrected chi connectivity index (χ2v) is 5.58. The van der Waals surface area contributed by atoms with Crippen molar-refractivity contribution in [1.82, 2.24) is 5.32 Å². The Labute approximate surface area is 134 Å². The van der Waals surface area contributed by atoms with E-state index in [4.69, 9.17) is 9.47 Å². The van der Waals surface area contributed by atoms with Crippen molar-refractivity contribution in [2.45, 2.75) is 18.9 Å². The van der Waals surface area contributed by atoms with Crippen LogP contribution in [-0.2, 0) is 14.3 Å². The van der Waals surface area contributed by atoms with E-state index in [9.17, 15) is 9.59 Å². The summed E-state index contributed by atoms with van der Waals surface area (Å²) in [6.07, 6.45) is 2.06. The molecule has 1 unspecified atom stereocenters. The molecular weight excluding hydrogens is 294 g/mol. The van der Waals surface area contributed by atoms with Crippen molar-refractivity contribution in [3.63, 3.8) is 0 Å². The average Bonchev–Trinajstić information content (AvgIpc) is 3.11. The van der Waals surface area contributed by atoms with Crippen molar-refractivity contribution in [2.75, 3.05) is 19.8 Å². The van der Waals surface area contributed by atoms with Gasteiger partial charge in [-0.2, -0.15) is 0 Å². The number of esters is 1. The normalized spacial score (nSPS) is 17.1. The standard InChI is InChI=1S/C18H19NO4/c20-17(19-11-16-6-3-9-22-16)12-23-18(21)15-8-7-13-4-1-2-5-14(13)10-15/h1-2,4-5,7-8,10,16H,3,6,9,11-12H2,(H,19,20). The summed E-state index contributed by atoms with van der Waals surface area (Å²) >= 11 is 0. The van der Waals surface area contributed by atoms with Crippen LogP contribution in [0.1, 0.15) is 23.2 Å². The van der Waals surface area contributed by atoms with Crippen LogP contribution in [0.3, 0.4) is 0 Å². The third kappa shape index (κ3) is 4.07. The summed E-state index contributed by atoms with van der Waals surface area (Å²) in [5, 5.41) is 4.74. The number of ether oxygens (including phenoxy) is 2. The highest BCUT2D eigenvalue weighted by Crippen LogP contribution is 2.16. The number of hydrogen-bond donors (Lipinski definition) is 1. The lowest BCUT2D eigenvalue weighted by Crippen LogP contribution is -2.34. The summed E-state index contributed by atoms with van der Waals surface area (Å²) in [5.74, 6) is -0.808. The zero-order valence-electron chi connectivity index (χ0n) is 12.8. The molecule has 5 nitrogen and oxygen atoms in total. The lowest BCUT2D eigenvalue weighted by atomic mass is 10.1. The van der Waals surface area contributed by atoms with Crippen molar-refractivity contribution >= 4 is 22.6 Å². The highest BCUT2D eigenvalue weighted by Gasteiger charge is 2.17. The van der Waals surface area contributed by atoms with Crippen LogP contribution in [0.25, 0.3) is 10.8 Å². The van der Waals surface area contributed by atoms with Gasteiger partial charge in [0.15, 0.2) is 6.61 Å². The molecule has 2 aromatic rings. The molecule has 23 heavy (non-hydrogen) atoms. The first-order valence-corrected chi connectivity index (χ1v) is 7.76. The minimum atomic E-state index is -0.497. The van der Waals surface area contributed by atoms with Crippen molar-refractivity contribution in [1.29, 1.82) is 0 Å². The second-order valence-electron chi connectivity index (χ2n) is 5.58. The Balaban J connectivity index is 1.50. The van der Waals surface area contributed by atoms with Crippen molar-refractivity contribution < 1.29 is 19.1 Å². The summed E-state index contributed by atoms with van der Waals surface area (Å²) in [5.41, 5.74) is 0.440. The van der Waals surface area contributed by atoms with E-state index < -0.39 is 5.97 Å². The minimum Gasteiger partial charge on any atom is -0.452 e. The molecule has 0 bridgehead atoms. The minimum absolute atomic E-state index is 0.0788. The molecule has 3 rings (SSSR count). The first-order chi connectivity index (χ1) is 11.2. The Bertz CT molecular complexity index is 707. The van der Waals surface area contributed by atoms with Gasteiger partial charge >= 0.3 is 5.97 Å². The SMILES string of the molecule is O=C(COC(=O)c1ccc2ccccc2c1)NCC1CCCO1. The number of rotatable bonds is 5. The molecule has 1 heterocycles. The molecule has 1 aliphatic heterocycles. The summed E-state index contributed by atoms with van der Waals surface area (Å²) in [7, 11) is 0. The lowest BCUT2D eigenvalue weighted by Gasteiger charge is -2.11. The predicted octanol–water partition coefficient (Wildman–Crippen LogP) is 2.29. The van der Waals surface area contributed by atoms with Crippen LogP contribution in [-0.4, -0.2) is 37.7 Å². The largest absolute Gasteiger partial charge is 0.452 e. The Morgan fingerprint density at radius 3 is 2.78 bits per heavy atom.